The zero-order valence-corrected chi connectivity index (χ0v) is 46.7. The van der Waals surface area contributed by atoms with E-state index in [9.17, 15) is 0 Å². The predicted octanol–water partition coefficient (Wildman–Crippen LogP) is 21.8. The highest BCUT2D eigenvalue weighted by Crippen LogP contribution is 2.63. The minimum Gasteiger partial charge on any atom is -0.310 e. The molecule has 2 nitrogen and oxygen atoms in total. The number of benzene rings is 12. The second kappa shape index (κ2) is 18.5. The molecular formula is C76H66N2. The van der Waals surface area contributed by atoms with Gasteiger partial charge in [0.05, 0.1) is 0 Å². The standard InChI is InChI=1S/C74H60N2.C2H6/c1-45-19-13-27-51(35-45)75(52-28-14-20-46(2)36-52)55-39-63-61(59-33-17-25-49-23-9-11-31-57(49)59)43-68-71-69(63)65(41-55)73(5,6)67-44-62(60-34-18-26-50-24-10-12-32-58(50)60)64-40-56(42-66(74(68,7)8)70(64)72(67)71)76(53-29-15-21-47(3)37-53)54-30-16-22-48(4)38-54;1-2/h9-44H,1-8H3;1-2H3. The third-order valence-electron chi connectivity index (χ3n) is 17.1. The van der Waals surface area contributed by atoms with E-state index in [-0.39, 0.29) is 0 Å². The maximum absolute atomic E-state index is 2.61. The van der Waals surface area contributed by atoms with Crippen molar-refractivity contribution in [2.45, 2.75) is 80.1 Å². The van der Waals surface area contributed by atoms with Gasteiger partial charge in [-0.05, 0) is 234 Å². The number of aryl methyl sites for hydroxylation is 4. The fourth-order valence-corrected chi connectivity index (χ4v) is 13.4. The van der Waals surface area contributed by atoms with Crippen LogP contribution in [0.25, 0.3) is 76.5 Å². The van der Waals surface area contributed by atoms with Crippen LogP contribution in [-0.4, -0.2) is 0 Å². The zero-order valence-electron chi connectivity index (χ0n) is 46.7. The Morgan fingerprint density at radius 1 is 0.269 bits per heavy atom. The second-order valence-corrected chi connectivity index (χ2v) is 22.9. The van der Waals surface area contributed by atoms with Crippen molar-refractivity contribution in [2.24, 2.45) is 0 Å². The Labute approximate surface area is 460 Å². The number of nitrogens with zero attached hydrogens (tertiary/aromatic N) is 2. The van der Waals surface area contributed by atoms with Crippen LogP contribution in [0.2, 0.25) is 0 Å². The Kier molecular flexibility index (Phi) is 11.6. The lowest BCUT2D eigenvalue weighted by Crippen LogP contribution is -2.31. The maximum Gasteiger partial charge on any atom is 0.0471 e. The van der Waals surface area contributed by atoms with Gasteiger partial charge in [0, 0.05) is 45.0 Å². The quantitative estimate of drug-likeness (QED) is 0.150. The molecule has 0 heterocycles. The summed E-state index contributed by atoms with van der Waals surface area (Å²) < 4.78 is 0. The van der Waals surface area contributed by atoms with Gasteiger partial charge < -0.3 is 9.80 Å². The molecule has 2 heteroatoms. The molecule has 0 aliphatic heterocycles. The highest BCUT2D eigenvalue weighted by molar-refractivity contribution is 6.23. The van der Waals surface area contributed by atoms with Gasteiger partial charge >= 0.3 is 0 Å². The van der Waals surface area contributed by atoms with E-state index in [2.05, 4.69) is 284 Å². The lowest BCUT2D eigenvalue weighted by Gasteiger charge is -2.45. The maximum atomic E-state index is 2.61. The van der Waals surface area contributed by atoms with Crippen LogP contribution in [-0.2, 0) is 10.8 Å². The van der Waals surface area contributed by atoms with E-state index in [0.29, 0.717) is 0 Å². The third-order valence-corrected chi connectivity index (χ3v) is 17.1. The van der Waals surface area contributed by atoms with Crippen molar-refractivity contribution in [1.29, 1.82) is 0 Å². The van der Waals surface area contributed by atoms with Gasteiger partial charge in [-0.15, -0.1) is 0 Å². The minimum atomic E-state index is -0.434. The predicted molar refractivity (Wildman–Crippen MR) is 337 cm³/mol. The zero-order chi connectivity index (χ0) is 53.8. The fourth-order valence-electron chi connectivity index (χ4n) is 13.4. The van der Waals surface area contributed by atoms with Crippen molar-refractivity contribution in [1.82, 2.24) is 0 Å². The number of hydrogen-bond donors (Lipinski definition) is 0. The van der Waals surface area contributed by atoms with Crippen LogP contribution >= 0.6 is 0 Å². The summed E-state index contributed by atoms with van der Waals surface area (Å²) in [6.45, 7) is 22.8. The second-order valence-electron chi connectivity index (χ2n) is 22.9. The summed E-state index contributed by atoms with van der Waals surface area (Å²) >= 11 is 0. The average Bonchev–Trinajstić information content (AvgIpc) is 1.76. The summed E-state index contributed by atoms with van der Waals surface area (Å²) in [7, 11) is 0. The molecule has 0 amide bonds. The molecular weight excluding hydrogens is 941 g/mol. The summed E-state index contributed by atoms with van der Waals surface area (Å²) in [6.07, 6.45) is 0. The number of anilines is 6. The summed E-state index contributed by atoms with van der Waals surface area (Å²) in [4.78, 5) is 4.99. The molecule has 12 aromatic carbocycles. The van der Waals surface area contributed by atoms with E-state index in [1.54, 1.807) is 0 Å². The number of hydrogen-bond acceptors (Lipinski definition) is 2. The number of fused-ring (bicyclic) bond motifs is 2. The Bertz CT molecular complexity index is 4030. The molecule has 0 radical (unpaired) electrons. The Morgan fingerprint density at radius 2 is 0.590 bits per heavy atom. The van der Waals surface area contributed by atoms with Crippen LogP contribution in [0.1, 0.15) is 86.1 Å². The molecule has 2 aliphatic carbocycles. The first-order valence-electron chi connectivity index (χ1n) is 28.0. The van der Waals surface area contributed by atoms with Crippen LogP contribution < -0.4 is 9.80 Å². The monoisotopic (exact) mass is 1010 g/mol. The van der Waals surface area contributed by atoms with E-state index in [1.807, 2.05) is 13.8 Å². The fraction of sp³-hybridized carbons (Fsp3) is 0.158. The molecule has 0 spiro atoms. The average molecular weight is 1010 g/mol. The smallest absolute Gasteiger partial charge is 0.0471 e. The van der Waals surface area contributed by atoms with Gasteiger partial charge in [0.2, 0.25) is 0 Å². The molecule has 0 N–H and O–H groups in total. The Balaban J connectivity index is 0.00000286. The van der Waals surface area contributed by atoms with Crippen LogP contribution in [0, 0.1) is 27.7 Å². The van der Waals surface area contributed by atoms with Gasteiger partial charge in [0.15, 0.2) is 0 Å². The van der Waals surface area contributed by atoms with E-state index >= 15 is 0 Å². The molecule has 0 saturated carbocycles. The van der Waals surface area contributed by atoms with Crippen LogP contribution in [0.15, 0.2) is 218 Å². The van der Waals surface area contributed by atoms with E-state index < -0.39 is 10.8 Å². The molecule has 0 atom stereocenters. The lowest BCUT2D eigenvalue weighted by atomic mass is 9.59. The Hall–Kier alpha value is -8.72. The van der Waals surface area contributed by atoms with Gasteiger partial charge in [-0.25, -0.2) is 0 Å². The van der Waals surface area contributed by atoms with Gasteiger partial charge in [-0.1, -0.05) is 175 Å². The summed E-state index contributed by atoms with van der Waals surface area (Å²) in [5.74, 6) is 0. The molecule has 0 saturated heterocycles. The van der Waals surface area contributed by atoms with Gasteiger partial charge in [-0.2, -0.15) is 0 Å². The van der Waals surface area contributed by atoms with Crippen molar-refractivity contribution in [2.75, 3.05) is 9.80 Å². The largest absolute Gasteiger partial charge is 0.310 e. The van der Waals surface area contributed by atoms with E-state index in [4.69, 9.17) is 0 Å². The normalized spacial score (nSPS) is 13.5. The number of rotatable bonds is 8. The SMILES string of the molecule is CC.Cc1cccc(N(c2cccc(C)c2)c2cc3c4c5c(cc(-c6cccc7ccccc67)c4c2)C(C)(C)c2cc(N(c4cccc(C)c4)c4cccc(C)c4)cc4c(-c6cccc7ccccc67)cc(c-5c24)C3(C)C)c1. The molecule has 0 bridgehead atoms. The van der Waals surface area contributed by atoms with Crippen molar-refractivity contribution < 1.29 is 0 Å². The molecule has 14 rings (SSSR count). The Morgan fingerprint density at radius 3 is 0.936 bits per heavy atom. The first-order valence-corrected chi connectivity index (χ1v) is 28.0. The molecule has 0 fully saturated rings. The summed E-state index contributed by atoms with van der Waals surface area (Å²) in [5, 5.41) is 10.3. The summed E-state index contributed by atoms with van der Waals surface area (Å²) in [5.41, 5.74) is 24.1. The highest BCUT2D eigenvalue weighted by atomic mass is 15.1. The van der Waals surface area contributed by atoms with Gasteiger partial charge in [0.1, 0.15) is 0 Å². The van der Waals surface area contributed by atoms with Crippen LogP contribution in [0.5, 0.6) is 0 Å². The minimum absolute atomic E-state index is 0.434. The lowest BCUT2D eigenvalue weighted by molar-refractivity contribution is 0.628. The van der Waals surface area contributed by atoms with Crippen molar-refractivity contribution in [3.63, 3.8) is 0 Å². The molecule has 0 unspecified atom stereocenters. The molecule has 12 aromatic rings. The van der Waals surface area contributed by atoms with E-state index in [0.717, 1.165) is 34.1 Å². The van der Waals surface area contributed by atoms with Crippen LogP contribution in [0.4, 0.5) is 34.1 Å². The van der Waals surface area contributed by atoms with E-state index in [1.165, 1.54) is 121 Å². The summed E-state index contributed by atoms with van der Waals surface area (Å²) in [6, 6.07) is 83.0. The molecule has 0 aromatic heterocycles. The van der Waals surface area contributed by atoms with Crippen LogP contribution in [0.3, 0.4) is 0 Å². The first kappa shape index (κ1) is 48.9. The van der Waals surface area contributed by atoms with Gasteiger partial charge in [-0.3, -0.25) is 0 Å². The topological polar surface area (TPSA) is 6.48 Å². The molecule has 78 heavy (non-hydrogen) atoms. The van der Waals surface area contributed by atoms with Crippen molar-refractivity contribution >= 4 is 77.2 Å². The molecule has 380 valence electrons. The first-order chi connectivity index (χ1) is 37.8. The molecule has 2 aliphatic rings. The van der Waals surface area contributed by atoms with Gasteiger partial charge in [0.25, 0.3) is 0 Å². The highest BCUT2D eigenvalue weighted by Gasteiger charge is 2.45. The van der Waals surface area contributed by atoms with Crippen molar-refractivity contribution in [3.05, 3.63) is 263 Å². The van der Waals surface area contributed by atoms with Crippen molar-refractivity contribution in [3.8, 4) is 33.4 Å². The third kappa shape index (κ3) is 7.59.